The molecule has 0 aliphatic heterocycles. The van der Waals surface area contributed by atoms with Crippen molar-refractivity contribution in [1.82, 2.24) is 19.3 Å². The molecule has 0 aliphatic rings. The maximum atomic E-state index is 6.38. The summed E-state index contributed by atoms with van der Waals surface area (Å²) in [6.07, 6.45) is 1.83. The number of methoxy groups -OCH3 is 3. The predicted octanol–water partition coefficient (Wildman–Crippen LogP) is 8.37. The van der Waals surface area contributed by atoms with Crippen LogP contribution in [-0.4, -0.2) is 40.7 Å². The van der Waals surface area contributed by atoms with Gasteiger partial charge in [-0.15, -0.1) is 35.7 Å². The summed E-state index contributed by atoms with van der Waals surface area (Å²) in [5, 5.41) is 7.09. The first-order chi connectivity index (χ1) is 22.4. The fourth-order valence-corrected chi connectivity index (χ4v) is 6.04. The minimum Gasteiger partial charge on any atom is -0.509 e. The number of aromatic nitrogens is 4. The maximum absolute atomic E-state index is 6.38. The van der Waals surface area contributed by atoms with Crippen LogP contribution in [0.5, 0.6) is 28.7 Å². The normalized spacial score (nSPS) is 11.0. The molecular weight excluding hydrogens is 683 g/mol. The quantitative estimate of drug-likeness (QED) is 0.116. The zero-order valence-electron chi connectivity index (χ0n) is 26.8. The zero-order chi connectivity index (χ0) is 31.9. The van der Waals surface area contributed by atoms with Crippen LogP contribution in [0.25, 0.3) is 44.4 Å². The fourth-order valence-electron chi connectivity index (χ4n) is 6.04. The molecule has 0 unspecified atom stereocenters. The summed E-state index contributed by atoms with van der Waals surface area (Å²) >= 11 is 0. The molecular formula is C38H32N4O4Pd. The summed E-state index contributed by atoms with van der Waals surface area (Å²) in [5.74, 6) is 3.85. The van der Waals surface area contributed by atoms with Gasteiger partial charge < -0.3 is 23.5 Å². The first kappa shape index (κ1) is 31.9. The van der Waals surface area contributed by atoms with E-state index in [4.69, 9.17) is 24.0 Å². The second-order valence-electron chi connectivity index (χ2n) is 11.0. The van der Waals surface area contributed by atoms with Gasteiger partial charge in [0.05, 0.1) is 32.6 Å². The minimum atomic E-state index is 0. The molecule has 47 heavy (non-hydrogen) atoms. The van der Waals surface area contributed by atoms with Crippen molar-refractivity contribution in [2.75, 3.05) is 21.3 Å². The van der Waals surface area contributed by atoms with Gasteiger partial charge in [-0.2, -0.15) is 17.2 Å². The second kappa shape index (κ2) is 13.0. The molecule has 0 radical (unpaired) electrons. The number of ether oxygens (including phenoxy) is 4. The van der Waals surface area contributed by atoms with Crippen molar-refractivity contribution >= 4 is 21.8 Å². The van der Waals surface area contributed by atoms with Crippen molar-refractivity contribution in [2.45, 2.75) is 20.8 Å². The van der Waals surface area contributed by atoms with Crippen LogP contribution >= 0.6 is 0 Å². The second-order valence-corrected chi connectivity index (χ2v) is 11.0. The Bertz CT molecular complexity index is 2230. The molecule has 9 heteroatoms. The molecule has 0 aliphatic carbocycles. The van der Waals surface area contributed by atoms with E-state index in [0.717, 1.165) is 61.4 Å². The molecule has 8 nitrogen and oxygen atoms in total. The molecule has 4 aromatic carbocycles. The maximum Gasteiger partial charge on any atom is 2.00 e. The summed E-state index contributed by atoms with van der Waals surface area (Å²) in [7, 11) is 4.88. The number of nitrogens with zero attached hydrogens (tertiary/aromatic N) is 4. The Hall–Kier alpha value is -5.10. The molecule has 0 bridgehead atoms. The van der Waals surface area contributed by atoms with E-state index < -0.39 is 0 Å². The number of hydrogen-bond donors (Lipinski definition) is 0. The summed E-state index contributed by atoms with van der Waals surface area (Å²) < 4.78 is 27.3. The third-order valence-corrected chi connectivity index (χ3v) is 8.14. The number of para-hydroxylation sites is 1. The van der Waals surface area contributed by atoms with Crippen molar-refractivity contribution in [2.24, 2.45) is 0 Å². The number of fused-ring (bicyclic) bond motifs is 3. The zero-order valence-corrected chi connectivity index (χ0v) is 28.4. The molecule has 3 heterocycles. The van der Waals surface area contributed by atoms with Gasteiger partial charge in [0.15, 0.2) is 0 Å². The smallest absolute Gasteiger partial charge is 0.509 e. The molecule has 0 spiro atoms. The number of benzene rings is 4. The van der Waals surface area contributed by atoms with Gasteiger partial charge in [0.1, 0.15) is 23.1 Å². The van der Waals surface area contributed by atoms with Gasteiger partial charge >= 0.3 is 20.4 Å². The van der Waals surface area contributed by atoms with Crippen LogP contribution < -0.4 is 18.9 Å². The SMILES string of the molecule is COc1cc(OC)c(-c2c(C)nn(-c3[c-]c(Oc4[c-]c5c(cc4)c4ccccc4n5-c4cc(C)ccn4)ccc3)c2C)c(OC)c1.[Pd+2]. The summed E-state index contributed by atoms with van der Waals surface area (Å²) in [6.45, 7) is 6.05. The van der Waals surface area contributed by atoms with Crippen LogP contribution in [-0.2, 0) is 20.4 Å². The van der Waals surface area contributed by atoms with Crippen LogP contribution in [0, 0.1) is 32.9 Å². The van der Waals surface area contributed by atoms with Gasteiger partial charge in [-0.25, -0.2) is 4.98 Å². The first-order valence-electron chi connectivity index (χ1n) is 14.9. The molecule has 7 rings (SSSR count). The third-order valence-electron chi connectivity index (χ3n) is 8.14. The van der Waals surface area contributed by atoms with Gasteiger partial charge in [-0.05, 0) is 55.6 Å². The summed E-state index contributed by atoms with van der Waals surface area (Å²) in [4.78, 5) is 4.67. The molecule has 0 atom stereocenters. The molecule has 0 saturated heterocycles. The number of aryl methyl sites for hydroxylation is 2. The van der Waals surface area contributed by atoms with Gasteiger partial charge in [-0.1, -0.05) is 23.7 Å². The molecule has 3 aromatic heterocycles. The van der Waals surface area contributed by atoms with E-state index in [1.165, 1.54) is 0 Å². The Morgan fingerprint density at radius 2 is 1.45 bits per heavy atom. The van der Waals surface area contributed by atoms with Crippen LogP contribution in [0.2, 0.25) is 0 Å². The van der Waals surface area contributed by atoms with E-state index in [0.29, 0.717) is 28.7 Å². The summed E-state index contributed by atoms with van der Waals surface area (Å²) in [5.41, 5.74) is 7.24. The molecule has 0 fully saturated rings. The molecule has 0 N–H and O–H groups in total. The van der Waals surface area contributed by atoms with Crippen LogP contribution in [0.4, 0.5) is 0 Å². The average molecular weight is 715 g/mol. The van der Waals surface area contributed by atoms with Crippen molar-refractivity contribution in [3.05, 3.63) is 114 Å². The van der Waals surface area contributed by atoms with E-state index >= 15 is 0 Å². The van der Waals surface area contributed by atoms with Gasteiger partial charge in [0, 0.05) is 46.6 Å². The third kappa shape index (κ3) is 5.63. The van der Waals surface area contributed by atoms with E-state index in [-0.39, 0.29) is 20.4 Å². The predicted molar refractivity (Wildman–Crippen MR) is 179 cm³/mol. The van der Waals surface area contributed by atoms with Gasteiger partial charge in [-0.3, -0.25) is 4.68 Å². The van der Waals surface area contributed by atoms with Crippen LogP contribution in [0.1, 0.15) is 17.0 Å². The monoisotopic (exact) mass is 714 g/mol. The van der Waals surface area contributed by atoms with Crippen LogP contribution in [0.15, 0.2) is 85.1 Å². The molecule has 0 amide bonds. The molecule has 238 valence electrons. The Morgan fingerprint density at radius 3 is 2.17 bits per heavy atom. The number of hydrogen-bond acceptors (Lipinski definition) is 6. The Kier molecular flexibility index (Phi) is 8.78. The van der Waals surface area contributed by atoms with E-state index in [1.54, 1.807) is 21.3 Å². The van der Waals surface area contributed by atoms with Crippen LogP contribution in [0.3, 0.4) is 0 Å². The topological polar surface area (TPSA) is 72.6 Å². The standard InChI is InChI=1S/C38H32N4O4.Pd/c1-23-16-17-39-36(18-23)41-32-13-8-7-12-30(32)31-15-14-28(20-33(31)41)46-27-11-9-10-26(19-27)42-25(3)37(24(2)40-42)38-34(44-5)21-29(43-4)22-35(38)45-6;/h7-18,21-22H,1-6H3;/q-2;+2. The fraction of sp³-hybridized carbons (Fsp3) is 0.158. The Labute approximate surface area is 287 Å². The Morgan fingerprint density at radius 1 is 0.702 bits per heavy atom. The van der Waals surface area contributed by atoms with Crippen molar-refractivity contribution < 1.29 is 39.4 Å². The van der Waals surface area contributed by atoms with Crippen molar-refractivity contribution in [3.63, 3.8) is 0 Å². The van der Waals surface area contributed by atoms with E-state index in [1.807, 2.05) is 79.3 Å². The first-order valence-corrected chi connectivity index (χ1v) is 14.9. The number of pyridine rings is 1. The van der Waals surface area contributed by atoms with Gasteiger partial charge in [0.25, 0.3) is 0 Å². The van der Waals surface area contributed by atoms with Gasteiger partial charge in [0.2, 0.25) is 0 Å². The largest absolute Gasteiger partial charge is 2.00 e. The average Bonchev–Trinajstić information content (AvgIpc) is 3.56. The Balaban J connectivity index is 0.00000386. The van der Waals surface area contributed by atoms with E-state index in [9.17, 15) is 0 Å². The van der Waals surface area contributed by atoms with E-state index in [2.05, 4.69) is 52.9 Å². The number of rotatable bonds is 8. The molecule has 0 saturated carbocycles. The minimum absolute atomic E-state index is 0. The summed E-state index contributed by atoms with van der Waals surface area (Å²) in [6, 6.07) is 32.7. The van der Waals surface area contributed by atoms with Crippen molar-refractivity contribution in [3.8, 4) is 51.4 Å². The van der Waals surface area contributed by atoms with Crippen molar-refractivity contribution in [1.29, 1.82) is 0 Å². The molecule has 7 aromatic rings.